The second kappa shape index (κ2) is 3.76. The fourth-order valence-corrected chi connectivity index (χ4v) is 1.43. The number of nitrogens with zero attached hydrogens (tertiary/aromatic N) is 3. The molecule has 2 rings (SSSR count). The SMILES string of the molecule is COC(=O)C(C)n1cnc2c(=O)[nH]cnc21. The van der Waals surface area contributed by atoms with E-state index in [1.165, 1.54) is 24.3 Å². The molecule has 0 spiro atoms. The molecule has 0 amide bonds. The monoisotopic (exact) mass is 222 g/mol. The van der Waals surface area contributed by atoms with Crippen LogP contribution in [0.15, 0.2) is 17.4 Å². The maximum absolute atomic E-state index is 11.4. The van der Waals surface area contributed by atoms with E-state index >= 15 is 0 Å². The van der Waals surface area contributed by atoms with E-state index in [1.54, 1.807) is 6.92 Å². The highest BCUT2D eigenvalue weighted by molar-refractivity contribution is 5.77. The largest absolute Gasteiger partial charge is 0.467 e. The topological polar surface area (TPSA) is 89.9 Å². The number of hydrogen-bond donors (Lipinski definition) is 1. The average molecular weight is 222 g/mol. The number of nitrogens with one attached hydrogen (secondary N) is 1. The van der Waals surface area contributed by atoms with Gasteiger partial charge in [-0.05, 0) is 6.92 Å². The van der Waals surface area contributed by atoms with E-state index < -0.39 is 12.0 Å². The molecule has 7 heteroatoms. The summed E-state index contributed by atoms with van der Waals surface area (Å²) in [4.78, 5) is 33.0. The predicted molar refractivity (Wildman–Crippen MR) is 54.9 cm³/mol. The summed E-state index contributed by atoms with van der Waals surface area (Å²) in [5.74, 6) is -0.415. The second-order valence-corrected chi connectivity index (χ2v) is 3.25. The molecule has 0 aliphatic rings. The molecular formula is C9H10N4O3. The first-order chi connectivity index (χ1) is 7.65. The third-order valence-electron chi connectivity index (χ3n) is 2.32. The van der Waals surface area contributed by atoms with Crippen LogP contribution in [0.2, 0.25) is 0 Å². The fraction of sp³-hybridized carbons (Fsp3) is 0.333. The molecule has 2 heterocycles. The molecule has 0 bridgehead atoms. The zero-order chi connectivity index (χ0) is 11.7. The third-order valence-corrected chi connectivity index (χ3v) is 2.32. The van der Waals surface area contributed by atoms with E-state index in [2.05, 4.69) is 19.7 Å². The zero-order valence-electron chi connectivity index (χ0n) is 8.80. The summed E-state index contributed by atoms with van der Waals surface area (Å²) in [6.07, 6.45) is 2.67. The number of carbonyl (C=O) groups excluding carboxylic acids is 1. The highest BCUT2D eigenvalue weighted by Crippen LogP contribution is 2.13. The quantitative estimate of drug-likeness (QED) is 0.714. The van der Waals surface area contributed by atoms with Gasteiger partial charge in [-0.25, -0.2) is 14.8 Å². The minimum absolute atomic E-state index is 0.207. The van der Waals surface area contributed by atoms with Crippen molar-refractivity contribution in [3.8, 4) is 0 Å². The van der Waals surface area contributed by atoms with Crippen molar-refractivity contribution in [1.82, 2.24) is 19.5 Å². The highest BCUT2D eigenvalue weighted by Gasteiger charge is 2.19. The first kappa shape index (κ1) is 10.3. The Morgan fingerprint density at radius 3 is 3.00 bits per heavy atom. The molecule has 16 heavy (non-hydrogen) atoms. The molecule has 2 aromatic rings. The van der Waals surface area contributed by atoms with Gasteiger partial charge in [-0.3, -0.25) is 4.79 Å². The number of rotatable bonds is 2. The minimum Gasteiger partial charge on any atom is -0.467 e. The molecule has 1 unspecified atom stereocenters. The van der Waals surface area contributed by atoms with Crippen molar-refractivity contribution in [2.45, 2.75) is 13.0 Å². The number of esters is 1. The molecule has 0 aromatic carbocycles. The van der Waals surface area contributed by atoms with E-state index in [-0.39, 0.29) is 11.1 Å². The minimum atomic E-state index is -0.565. The van der Waals surface area contributed by atoms with Gasteiger partial charge < -0.3 is 14.3 Å². The molecule has 7 nitrogen and oxygen atoms in total. The molecule has 0 fully saturated rings. The summed E-state index contributed by atoms with van der Waals surface area (Å²) in [7, 11) is 1.30. The Morgan fingerprint density at radius 1 is 1.56 bits per heavy atom. The van der Waals surface area contributed by atoms with Crippen LogP contribution >= 0.6 is 0 Å². The number of aromatic amines is 1. The molecule has 0 radical (unpaired) electrons. The van der Waals surface area contributed by atoms with Crippen LogP contribution in [0.25, 0.3) is 11.2 Å². The van der Waals surface area contributed by atoms with Crippen LogP contribution in [0.5, 0.6) is 0 Å². The standard InChI is InChI=1S/C9H10N4O3/c1-5(9(15)16-2)13-4-12-6-7(13)10-3-11-8(6)14/h3-5H,1-2H3,(H,10,11,14). The Bertz CT molecular complexity index is 586. The van der Waals surface area contributed by atoms with Crippen molar-refractivity contribution >= 4 is 17.1 Å². The highest BCUT2D eigenvalue weighted by atomic mass is 16.5. The van der Waals surface area contributed by atoms with Crippen molar-refractivity contribution in [2.75, 3.05) is 7.11 Å². The molecule has 0 saturated carbocycles. The summed E-state index contributed by atoms with van der Waals surface area (Å²) >= 11 is 0. The van der Waals surface area contributed by atoms with Crippen molar-refractivity contribution in [3.05, 3.63) is 23.0 Å². The van der Waals surface area contributed by atoms with Crippen molar-refractivity contribution in [2.24, 2.45) is 0 Å². The Kier molecular flexibility index (Phi) is 2.43. The Labute approximate surface area is 90.1 Å². The van der Waals surface area contributed by atoms with Gasteiger partial charge in [0.05, 0.1) is 19.8 Å². The molecule has 0 aliphatic heterocycles. The Morgan fingerprint density at radius 2 is 2.31 bits per heavy atom. The molecule has 1 N–H and O–H groups in total. The van der Waals surface area contributed by atoms with Crippen LogP contribution in [0.1, 0.15) is 13.0 Å². The van der Waals surface area contributed by atoms with Gasteiger partial charge in [-0.15, -0.1) is 0 Å². The summed E-state index contributed by atoms with van der Waals surface area (Å²) in [5, 5.41) is 0. The van der Waals surface area contributed by atoms with Gasteiger partial charge in [0.25, 0.3) is 5.56 Å². The van der Waals surface area contributed by atoms with Crippen molar-refractivity contribution < 1.29 is 9.53 Å². The molecule has 0 aliphatic carbocycles. The lowest BCUT2D eigenvalue weighted by molar-refractivity contribution is -0.143. The molecular weight excluding hydrogens is 212 g/mol. The zero-order valence-corrected chi connectivity index (χ0v) is 8.80. The van der Waals surface area contributed by atoms with Gasteiger partial charge in [0.1, 0.15) is 6.04 Å². The summed E-state index contributed by atoms with van der Waals surface area (Å²) in [6.45, 7) is 1.65. The van der Waals surface area contributed by atoms with Crippen LogP contribution in [0.4, 0.5) is 0 Å². The second-order valence-electron chi connectivity index (χ2n) is 3.25. The van der Waals surface area contributed by atoms with E-state index in [0.717, 1.165) is 0 Å². The van der Waals surface area contributed by atoms with E-state index in [0.29, 0.717) is 5.65 Å². The molecule has 0 saturated heterocycles. The number of ether oxygens (including phenoxy) is 1. The third kappa shape index (κ3) is 1.46. The number of fused-ring (bicyclic) bond motifs is 1. The van der Waals surface area contributed by atoms with E-state index in [4.69, 9.17) is 0 Å². The summed E-state index contributed by atoms with van der Waals surface area (Å²) < 4.78 is 6.11. The van der Waals surface area contributed by atoms with E-state index in [1.807, 2.05) is 0 Å². The Balaban J connectivity index is 2.58. The number of methoxy groups -OCH3 is 1. The lowest BCUT2D eigenvalue weighted by Gasteiger charge is -2.10. The molecule has 2 aromatic heterocycles. The van der Waals surface area contributed by atoms with Gasteiger partial charge in [0.15, 0.2) is 11.2 Å². The Hall–Kier alpha value is -2.18. The number of H-pyrrole nitrogens is 1. The lowest BCUT2D eigenvalue weighted by atomic mass is 10.3. The van der Waals surface area contributed by atoms with Crippen LogP contribution in [0, 0.1) is 0 Å². The smallest absolute Gasteiger partial charge is 0.328 e. The van der Waals surface area contributed by atoms with Crippen LogP contribution in [-0.4, -0.2) is 32.6 Å². The van der Waals surface area contributed by atoms with Gasteiger partial charge in [0, 0.05) is 0 Å². The summed E-state index contributed by atoms with van der Waals surface area (Å²) in [6, 6.07) is -0.565. The van der Waals surface area contributed by atoms with Gasteiger partial charge in [0.2, 0.25) is 0 Å². The number of carbonyl (C=O) groups is 1. The lowest BCUT2D eigenvalue weighted by Crippen LogP contribution is -2.18. The first-order valence-corrected chi connectivity index (χ1v) is 4.63. The van der Waals surface area contributed by atoms with Gasteiger partial charge in [-0.1, -0.05) is 0 Å². The normalized spacial score (nSPS) is 12.6. The summed E-state index contributed by atoms with van der Waals surface area (Å²) in [5.41, 5.74) is 0.237. The van der Waals surface area contributed by atoms with Crippen molar-refractivity contribution in [1.29, 1.82) is 0 Å². The van der Waals surface area contributed by atoms with Crippen LogP contribution in [-0.2, 0) is 9.53 Å². The van der Waals surface area contributed by atoms with E-state index in [9.17, 15) is 9.59 Å². The molecule has 1 atom stereocenters. The molecule has 84 valence electrons. The first-order valence-electron chi connectivity index (χ1n) is 4.63. The number of hydrogen-bond acceptors (Lipinski definition) is 5. The van der Waals surface area contributed by atoms with Crippen molar-refractivity contribution in [3.63, 3.8) is 0 Å². The predicted octanol–water partition coefficient (Wildman–Crippen LogP) is -0.146. The number of imidazole rings is 1. The van der Waals surface area contributed by atoms with Crippen LogP contribution in [0.3, 0.4) is 0 Å². The van der Waals surface area contributed by atoms with Gasteiger partial charge >= 0.3 is 5.97 Å². The maximum atomic E-state index is 11.4. The van der Waals surface area contributed by atoms with Gasteiger partial charge in [-0.2, -0.15) is 0 Å². The average Bonchev–Trinajstić information content (AvgIpc) is 2.72. The maximum Gasteiger partial charge on any atom is 0.328 e. The fourth-order valence-electron chi connectivity index (χ4n) is 1.43. The van der Waals surface area contributed by atoms with Crippen LogP contribution < -0.4 is 5.56 Å². The number of aromatic nitrogens is 4.